The molecule has 1 fully saturated rings. The predicted molar refractivity (Wildman–Crippen MR) is 127 cm³/mol. The van der Waals surface area contributed by atoms with E-state index >= 15 is 0 Å². The molecule has 0 radical (unpaired) electrons. The van der Waals surface area contributed by atoms with Crippen LogP contribution in [0.15, 0.2) is 58.7 Å². The van der Waals surface area contributed by atoms with E-state index in [4.69, 9.17) is 4.74 Å². The SMILES string of the molecule is COc1ccc(NC(=O)N2C[C@@H]3C[C@H](C2)c2ccc(NC(=O)c4cccs4)c(=O)n2C3)cc1. The molecule has 2 aliphatic rings. The number of rotatable bonds is 4. The van der Waals surface area contributed by atoms with Crippen molar-refractivity contribution < 1.29 is 14.3 Å². The molecular weight excluding hydrogens is 440 g/mol. The van der Waals surface area contributed by atoms with Gasteiger partial charge in [0.15, 0.2) is 0 Å². The van der Waals surface area contributed by atoms with Gasteiger partial charge in [-0.1, -0.05) is 6.07 Å². The van der Waals surface area contributed by atoms with Gasteiger partial charge in [0.1, 0.15) is 11.4 Å². The molecule has 2 N–H and O–H groups in total. The molecule has 8 nitrogen and oxygen atoms in total. The second kappa shape index (κ2) is 8.74. The molecule has 3 amide bonds. The Morgan fingerprint density at radius 2 is 1.85 bits per heavy atom. The maximum Gasteiger partial charge on any atom is 0.321 e. The van der Waals surface area contributed by atoms with Crippen molar-refractivity contribution in [3.63, 3.8) is 0 Å². The number of hydrogen-bond donors (Lipinski definition) is 2. The minimum Gasteiger partial charge on any atom is -0.497 e. The first-order valence-electron chi connectivity index (χ1n) is 10.8. The molecule has 1 saturated heterocycles. The maximum atomic E-state index is 13.1. The molecule has 3 aromatic rings. The van der Waals surface area contributed by atoms with Gasteiger partial charge >= 0.3 is 6.03 Å². The van der Waals surface area contributed by atoms with Crippen LogP contribution in [0.2, 0.25) is 0 Å². The molecule has 170 valence electrons. The van der Waals surface area contributed by atoms with Crippen molar-refractivity contribution in [1.29, 1.82) is 0 Å². The summed E-state index contributed by atoms with van der Waals surface area (Å²) in [5.74, 6) is 0.709. The highest BCUT2D eigenvalue weighted by molar-refractivity contribution is 7.12. The van der Waals surface area contributed by atoms with E-state index in [-0.39, 0.29) is 35.0 Å². The summed E-state index contributed by atoms with van der Waals surface area (Å²) in [6.07, 6.45) is 0.937. The Morgan fingerprint density at radius 3 is 2.58 bits per heavy atom. The van der Waals surface area contributed by atoms with E-state index in [9.17, 15) is 14.4 Å². The number of carbonyl (C=O) groups is 2. The van der Waals surface area contributed by atoms with Crippen LogP contribution in [-0.4, -0.2) is 41.6 Å². The first kappa shape index (κ1) is 21.3. The number of nitrogens with zero attached hydrogens (tertiary/aromatic N) is 2. The Balaban J connectivity index is 1.31. The van der Waals surface area contributed by atoms with Gasteiger partial charge in [0.05, 0.1) is 12.0 Å². The number of nitrogens with one attached hydrogen (secondary N) is 2. The number of aromatic nitrogens is 1. The summed E-state index contributed by atoms with van der Waals surface area (Å²) in [5, 5.41) is 7.52. The number of pyridine rings is 1. The number of piperidine rings is 1. The van der Waals surface area contributed by atoms with E-state index in [0.29, 0.717) is 30.2 Å². The lowest BCUT2D eigenvalue weighted by Gasteiger charge is -2.42. The van der Waals surface area contributed by atoms with Crippen molar-refractivity contribution in [2.45, 2.75) is 18.9 Å². The molecule has 1 aromatic carbocycles. The average molecular weight is 465 g/mol. The second-order valence-electron chi connectivity index (χ2n) is 8.38. The summed E-state index contributed by atoms with van der Waals surface area (Å²) in [6.45, 7) is 1.65. The van der Waals surface area contributed by atoms with Gasteiger partial charge in [-0.2, -0.15) is 0 Å². The molecule has 2 bridgehead atoms. The maximum absolute atomic E-state index is 13.1. The van der Waals surface area contributed by atoms with Gasteiger partial charge in [0.25, 0.3) is 11.5 Å². The lowest BCUT2D eigenvalue weighted by molar-refractivity contribution is 0.103. The predicted octanol–water partition coefficient (Wildman–Crippen LogP) is 3.82. The number of urea groups is 1. The highest BCUT2D eigenvalue weighted by Gasteiger charge is 2.36. The van der Waals surface area contributed by atoms with Gasteiger partial charge in [-0.05, 0) is 60.2 Å². The number of anilines is 2. The third-order valence-corrected chi connectivity index (χ3v) is 7.09. The molecule has 0 spiro atoms. The standard InChI is InChI=1S/C24H24N4O4S/c1-32-18-6-4-17(5-7-18)25-24(31)27-12-15-11-16(14-27)20-9-8-19(23(30)28(20)13-15)26-22(29)21-3-2-10-33-21/h2-10,15-16H,11-14H2,1H3,(H,25,31)(H,26,29)/t15-,16+/m0/s1. The number of methoxy groups -OCH3 is 1. The topological polar surface area (TPSA) is 92.7 Å². The van der Waals surface area contributed by atoms with Gasteiger partial charge in [-0.3, -0.25) is 9.59 Å². The van der Waals surface area contributed by atoms with Crippen LogP contribution in [0.4, 0.5) is 16.2 Å². The fourth-order valence-electron chi connectivity index (χ4n) is 4.68. The van der Waals surface area contributed by atoms with Crippen LogP contribution in [-0.2, 0) is 6.54 Å². The Hall–Kier alpha value is -3.59. The largest absolute Gasteiger partial charge is 0.497 e. The highest BCUT2D eigenvalue weighted by Crippen LogP contribution is 2.35. The van der Waals surface area contributed by atoms with Crippen molar-refractivity contribution in [3.05, 3.63) is 74.8 Å². The fourth-order valence-corrected chi connectivity index (χ4v) is 5.29. The Morgan fingerprint density at radius 1 is 1.03 bits per heavy atom. The van der Waals surface area contributed by atoms with Crippen molar-refractivity contribution in [3.8, 4) is 5.75 Å². The van der Waals surface area contributed by atoms with Crippen LogP contribution in [0.5, 0.6) is 5.75 Å². The summed E-state index contributed by atoms with van der Waals surface area (Å²) >= 11 is 1.33. The van der Waals surface area contributed by atoms with E-state index < -0.39 is 0 Å². The van der Waals surface area contributed by atoms with Gasteiger partial charge in [-0.25, -0.2) is 4.79 Å². The summed E-state index contributed by atoms with van der Waals surface area (Å²) in [7, 11) is 1.60. The number of amides is 3. The molecule has 4 heterocycles. The van der Waals surface area contributed by atoms with Crippen molar-refractivity contribution >= 4 is 34.6 Å². The number of likely N-dealkylation sites (tertiary alicyclic amines) is 1. The number of thiophene rings is 1. The normalized spacial score (nSPS) is 18.9. The smallest absolute Gasteiger partial charge is 0.321 e. The Bertz CT molecular complexity index is 1240. The molecule has 2 atom stereocenters. The summed E-state index contributed by atoms with van der Waals surface area (Å²) in [6, 6.07) is 14.2. The van der Waals surface area contributed by atoms with Crippen molar-refractivity contribution in [2.75, 3.05) is 30.8 Å². The molecule has 0 saturated carbocycles. The Kier molecular flexibility index (Phi) is 5.63. The fraction of sp³-hybridized carbons (Fsp3) is 0.292. The zero-order valence-electron chi connectivity index (χ0n) is 18.1. The van der Waals surface area contributed by atoms with Gasteiger partial charge in [-0.15, -0.1) is 11.3 Å². The van der Waals surface area contributed by atoms with E-state index in [1.165, 1.54) is 11.3 Å². The molecule has 2 aromatic heterocycles. The first-order valence-corrected chi connectivity index (χ1v) is 11.7. The van der Waals surface area contributed by atoms with E-state index in [1.54, 1.807) is 42.0 Å². The molecule has 5 rings (SSSR count). The molecule has 9 heteroatoms. The molecule has 2 aliphatic heterocycles. The lowest BCUT2D eigenvalue weighted by Crippen LogP contribution is -2.50. The van der Waals surface area contributed by atoms with E-state index in [2.05, 4.69) is 10.6 Å². The quantitative estimate of drug-likeness (QED) is 0.614. The summed E-state index contributed by atoms with van der Waals surface area (Å²) in [4.78, 5) is 40.8. The van der Waals surface area contributed by atoms with Crippen LogP contribution in [0.1, 0.15) is 27.7 Å². The molecule has 33 heavy (non-hydrogen) atoms. The molecular formula is C24H24N4O4S. The number of benzene rings is 1. The van der Waals surface area contributed by atoms with Crippen LogP contribution >= 0.6 is 11.3 Å². The number of hydrogen-bond acceptors (Lipinski definition) is 5. The minimum atomic E-state index is -0.278. The number of carbonyl (C=O) groups excluding carboxylic acids is 2. The minimum absolute atomic E-state index is 0.0777. The number of ether oxygens (including phenoxy) is 1. The van der Waals surface area contributed by atoms with Gasteiger partial charge < -0.3 is 24.8 Å². The van der Waals surface area contributed by atoms with Gasteiger partial charge in [0, 0.05) is 36.9 Å². The van der Waals surface area contributed by atoms with Crippen LogP contribution in [0, 0.1) is 5.92 Å². The first-order chi connectivity index (χ1) is 16.0. The third kappa shape index (κ3) is 4.23. The lowest BCUT2D eigenvalue weighted by atomic mass is 9.83. The average Bonchev–Trinajstić information content (AvgIpc) is 3.37. The molecule has 0 unspecified atom stereocenters. The van der Waals surface area contributed by atoms with E-state index in [0.717, 1.165) is 17.9 Å². The van der Waals surface area contributed by atoms with Crippen LogP contribution in [0.25, 0.3) is 0 Å². The van der Waals surface area contributed by atoms with E-state index in [1.807, 2.05) is 28.5 Å². The monoisotopic (exact) mass is 464 g/mol. The summed E-state index contributed by atoms with van der Waals surface area (Å²) < 4.78 is 6.92. The van der Waals surface area contributed by atoms with Crippen molar-refractivity contribution in [2.24, 2.45) is 5.92 Å². The number of fused-ring (bicyclic) bond motifs is 4. The summed E-state index contributed by atoms with van der Waals surface area (Å²) in [5.41, 5.74) is 1.71. The van der Waals surface area contributed by atoms with Gasteiger partial charge in [0.2, 0.25) is 0 Å². The Labute approximate surface area is 194 Å². The van der Waals surface area contributed by atoms with Crippen LogP contribution in [0.3, 0.4) is 0 Å². The zero-order valence-corrected chi connectivity index (χ0v) is 18.9. The third-order valence-electron chi connectivity index (χ3n) is 6.23. The zero-order chi connectivity index (χ0) is 22.9. The highest BCUT2D eigenvalue weighted by atomic mass is 32.1. The van der Waals surface area contributed by atoms with Crippen LogP contribution < -0.4 is 20.9 Å². The molecule has 0 aliphatic carbocycles. The second-order valence-corrected chi connectivity index (χ2v) is 9.33. The van der Waals surface area contributed by atoms with Crippen molar-refractivity contribution in [1.82, 2.24) is 9.47 Å².